The number of carbonyl (C=O) groups excluding carboxylic acids is 2. The fourth-order valence-corrected chi connectivity index (χ4v) is 1.22. The average Bonchev–Trinajstić information content (AvgIpc) is 2.29. The van der Waals surface area contributed by atoms with E-state index in [1.165, 1.54) is 13.8 Å². The molecular formula is C13H13NO3. The van der Waals surface area contributed by atoms with Crippen LogP contribution in [0.3, 0.4) is 0 Å². The van der Waals surface area contributed by atoms with Gasteiger partial charge in [0.15, 0.2) is 5.78 Å². The number of benzene rings is 1. The summed E-state index contributed by atoms with van der Waals surface area (Å²) >= 11 is 0. The number of hydrogen-bond acceptors (Lipinski definition) is 3. The van der Waals surface area contributed by atoms with Gasteiger partial charge < -0.3 is 5.11 Å². The number of allylic oxidation sites excluding steroid dienone is 2. The van der Waals surface area contributed by atoms with Gasteiger partial charge in [-0.05, 0) is 26.0 Å². The van der Waals surface area contributed by atoms with Gasteiger partial charge in [0.2, 0.25) is 0 Å². The van der Waals surface area contributed by atoms with E-state index in [2.05, 4.69) is 4.99 Å². The Labute approximate surface area is 99.3 Å². The molecule has 1 aromatic rings. The molecule has 0 aliphatic heterocycles. The molecule has 0 unspecified atom stereocenters. The summed E-state index contributed by atoms with van der Waals surface area (Å²) in [5, 5.41) is 9.22. The molecule has 0 atom stereocenters. The summed E-state index contributed by atoms with van der Waals surface area (Å²) < 4.78 is 0. The first-order valence-electron chi connectivity index (χ1n) is 5.06. The maximum atomic E-state index is 11.6. The Hall–Kier alpha value is -2.23. The molecule has 0 aliphatic carbocycles. The van der Waals surface area contributed by atoms with Crippen molar-refractivity contribution < 1.29 is 14.7 Å². The number of carbonyl (C=O) groups is 2. The van der Waals surface area contributed by atoms with Crippen molar-refractivity contribution in [1.82, 2.24) is 0 Å². The van der Waals surface area contributed by atoms with Crippen molar-refractivity contribution in [2.75, 3.05) is 0 Å². The number of rotatable bonds is 3. The van der Waals surface area contributed by atoms with E-state index in [0.717, 1.165) is 6.21 Å². The molecule has 0 bridgehead atoms. The van der Waals surface area contributed by atoms with E-state index >= 15 is 0 Å². The summed E-state index contributed by atoms with van der Waals surface area (Å²) in [6.45, 7) is 2.67. The lowest BCUT2D eigenvalue weighted by Crippen LogP contribution is -2.04. The first kappa shape index (κ1) is 12.8. The van der Waals surface area contributed by atoms with Crippen molar-refractivity contribution in [1.29, 1.82) is 0 Å². The maximum Gasteiger partial charge on any atom is 0.276 e. The molecule has 1 rings (SSSR count). The average molecular weight is 231 g/mol. The molecule has 0 aliphatic rings. The van der Waals surface area contributed by atoms with Gasteiger partial charge in [0.1, 0.15) is 5.76 Å². The number of ketones is 1. The Morgan fingerprint density at radius 1 is 1.18 bits per heavy atom. The van der Waals surface area contributed by atoms with Crippen LogP contribution in [0.25, 0.3) is 0 Å². The van der Waals surface area contributed by atoms with Crippen molar-refractivity contribution in [3.63, 3.8) is 0 Å². The Balaban J connectivity index is 2.89. The van der Waals surface area contributed by atoms with Crippen molar-refractivity contribution >= 4 is 17.9 Å². The zero-order chi connectivity index (χ0) is 12.8. The molecule has 0 fully saturated rings. The molecule has 0 saturated heterocycles. The predicted molar refractivity (Wildman–Crippen MR) is 65.3 cm³/mol. The minimum atomic E-state index is -0.453. The van der Waals surface area contributed by atoms with Crippen LogP contribution in [0.1, 0.15) is 24.2 Å². The number of hydrogen-bond donors (Lipinski definition) is 1. The highest BCUT2D eigenvalue weighted by Crippen LogP contribution is 2.03. The van der Waals surface area contributed by atoms with Gasteiger partial charge in [-0.1, -0.05) is 18.2 Å². The summed E-state index contributed by atoms with van der Waals surface area (Å²) in [5.41, 5.74) is 0.469. The van der Waals surface area contributed by atoms with Gasteiger partial charge in [-0.2, -0.15) is 0 Å². The first-order chi connectivity index (χ1) is 8.02. The molecular weight excluding hydrogens is 218 g/mol. The third-order valence-electron chi connectivity index (χ3n) is 2.10. The molecule has 17 heavy (non-hydrogen) atoms. The highest BCUT2D eigenvalue weighted by molar-refractivity contribution is 6.15. The van der Waals surface area contributed by atoms with Crippen LogP contribution in [0.15, 0.2) is 46.7 Å². The smallest absolute Gasteiger partial charge is 0.276 e. The standard InChI is InChI=1S/C13H13NO3/c1-9(15)12(10(2)16)8-14-13(17)11-6-4-3-5-7-11/h3-8,15H,1-2H3/b12-9+,14-8?. The molecule has 4 heteroatoms. The van der Waals surface area contributed by atoms with Crippen molar-refractivity contribution in [3.8, 4) is 0 Å². The summed E-state index contributed by atoms with van der Waals surface area (Å²) in [7, 11) is 0. The lowest BCUT2D eigenvalue weighted by molar-refractivity contribution is -0.113. The number of aliphatic hydroxyl groups excluding tert-OH is 1. The van der Waals surface area contributed by atoms with Gasteiger partial charge in [-0.3, -0.25) is 9.59 Å². The zero-order valence-electron chi connectivity index (χ0n) is 9.68. The molecule has 0 aromatic heterocycles. The van der Waals surface area contributed by atoms with Crippen LogP contribution in [-0.2, 0) is 4.79 Å². The van der Waals surface area contributed by atoms with E-state index in [1.54, 1.807) is 30.3 Å². The van der Waals surface area contributed by atoms with E-state index in [9.17, 15) is 14.7 Å². The fourth-order valence-electron chi connectivity index (χ4n) is 1.22. The Morgan fingerprint density at radius 3 is 2.24 bits per heavy atom. The third kappa shape index (κ3) is 3.68. The van der Waals surface area contributed by atoms with E-state index in [-0.39, 0.29) is 17.1 Å². The molecule has 0 saturated carbocycles. The normalized spacial score (nSPS) is 12.4. The zero-order valence-corrected chi connectivity index (χ0v) is 9.68. The summed E-state index contributed by atoms with van der Waals surface area (Å²) in [6.07, 6.45) is 1.09. The minimum Gasteiger partial charge on any atom is -0.512 e. The molecule has 1 aromatic carbocycles. The quantitative estimate of drug-likeness (QED) is 0.493. The fraction of sp³-hybridized carbons (Fsp3) is 0.154. The van der Waals surface area contributed by atoms with Crippen LogP contribution in [0.5, 0.6) is 0 Å². The van der Waals surface area contributed by atoms with Crippen LogP contribution in [0.2, 0.25) is 0 Å². The SMILES string of the molecule is CC(=O)/C(C=NC(=O)c1ccccc1)=C(\C)O. The van der Waals surface area contributed by atoms with Crippen LogP contribution in [0, 0.1) is 0 Å². The van der Waals surface area contributed by atoms with Crippen LogP contribution in [0.4, 0.5) is 0 Å². The highest BCUT2D eigenvalue weighted by atomic mass is 16.3. The lowest BCUT2D eigenvalue weighted by Gasteiger charge is -1.97. The molecule has 0 radical (unpaired) electrons. The largest absolute Gasteiger partial charge is 0.512 e. The van der Waals surface area contributed by atoms with Gasteiger partial charge >= 0.3 is 0 Å². The molecule has 0 heterocycles. The molecule has 1 amide bonds. The van der Waals surface area contributed by atoms with E-state index in [1.807, 2.05) is 0 Å². The first-order valence-corrected chi connectivity index (χ1v) is 5.06. The van der Waals surface area contributed by atoms with Crippen LogP contribution >= 0.6 is 0 Å². The van der Waals surface area contributed by atoms with Gasteiger partial charge in [-0.15, -0.1) is 0 Å². The molecule has 4 nitrogen and oxygen atoms in total. The number of Topliss-reactive ketones (excluding diaryl/α,β-unsaturated/α-hetero) is 1. The monoisotopic (exact) mass is 231 g/mol. The Morgan fingerprint density at radius 2 is 1.76 bits per heavy atom. The minimum absolute atomic E-state index is 0.0364. The van der Waals surface area contributed by atoms with Crippen molar-refractivity contribution in [2.45, 2.75) is 13.8 Å². The molecule has 1 N–H and O–H groups in total. The van der Waals surface area contributed by atoms with Gasteiger partial charge in [-0.25, -0.2) is 4.99 Å². The lowest BCUT2D eigenvalue weighted by atomic mass is 10.2. The summed E-state index contributed by atoms with van der Waals surface area (Å²) in [6, 6.07) is 8.49. The second kappa shape index (κ2) is 5.75. The topological polar surface area (TPSA) is 66.7 Å². The van der Waals surface area contributed by atoms with Crippen LogP contribution in [-0.4, -0.2) is 23.0 Å². The Kier molecular flexibility index (Phi) is 4.34. The second-order valence-electron chi connectivity index (χ2n) is 3.48. The summed E-state index contributed by atoms with van der Waals surface area (Å²) in [4.78, 5) is 26.3. The molecule has 0 spiro atoms. The number of amides is 1. The number of nitrogens with zero attached hydrogens (tertiary/aromatic N) is 1. The van der Waals surface area contributed by atoms with Crippen molar-refractivity contribution in [2.24, 2.45) is 4.99 Å². The third-order valence-corrected chi connectivity index (χ3v) is 2.10. The van der Waals surface area contributed by atoms with E-state index < -0.39 is 5.91 Å². The van der Waals surface area contributed by atoms with Gasteiger partial charge in [0.05, 0.1) is 5.57 Å². The number of aliphatic imine (C=N–C) groups is 1. The maximum absolute atomic E-state index is 11.6. The van der Waals surface area contributed by atoms with Gasteiger partial charge in [0, 0.05) is 11.8 Å². The number of aliphatic hydroxyl groups is 1. The predicted octanol–water partition coefficient (Wildman–Crippen LogP) is 2.32. The van der Waals surface area contributed by atoms with Gasteiger partial charge in [0.25, 0.3) is 5.91 Å². The van der Waals surface area contributed by atoms with E-state index in [0.29, 0.717) is 5.56 Å². The van der Waals surface area contributed by atoms with E-state index in [4.69, 9.17) is 0 Å². The molecule has 88 valence electrons. The Bertz CT molecular complexity index is 483. The highest BCUT2D eigenvalue weighted by Gasteiger charge is 2.07. The van der Waals surface area contributed by atoms with Crippen LogP contribution < -0.4 is 0 Å². The second-order valence-corrected chi connectivity index (χ2v) is 3.48. The van der Waals surface area contributed by atoms with Crippen molar-refractivity contribution in [3.05, 3.63) is 47.2 Å². The summed E-state index contributed by atoms with van der Waals surface area (Å²) in [5.74, 6) is -0.942.